The van der Waals surface area contributed by atoms with Crippen LogP contribution in [-0.2, 0) is 0 Å². The molecule has 0 spiro atoms. The van der Waals surface area contributed by atoms with Crippen molar-refractivity contribution in [2.45, 2.75) is 20.3 Å². The van der Waals surface area contributed by atoms with E-state index in [2.05, 4.69) is 38.4 Å². The molecule has 2 aliphatic rings. The van der Waals surface area contributed by atoms with Gasteiger partial charge >= 0.3 is 6.03 Å². The van der Waals surface area contributed by atoms with E-state index in [1.165, 1.54) is 12.4 Å². The molecule has 0 fully saturated rings. The van der Waals surface area contributed by atoms with Crippen molar-refractivity contribution in [1.29, 1.82) is 0 Å². The van der Waals surface area contributed by atoms with Crippen LogP contribution >= 0.6 is 23.2 Å². The second kappa shape index (κ2) is 7.98. The third-order valence-corrected chi connectivity index (χ3v) is 4.62. The van der Waals surface area contributed by atoms with Crippen LogP contribution in [0.4, 0.5) is 10.5 Å². The second-order valence-corrected chi connectivity index (χ2v) is 6.95. The van der Waals surface area contributed by atoms with E-state index >= 15 is 0 Å². The van der Waals surface area contributed by atoms with Gasteiger partial charge in [0.25, 0.3) is 0 Å². The first-order valence-corrected chi connectivity index (χ1v) is 9.20. The number of likely N-dealkylation sites (N-methyl/N-ethyl adjacent to an activating group) is 1. The summed E-state index contributed by atoms with van der Waals surface area (Å²) in [5.74, 6) is 0. The van der Waals surface area contributed by atoms with Crippen molar-refractivity contribution in [3.05, 3.63) is 57.5 Å². The lowest BCUT2D eigenvalue weighted by Gasteiger charge is -2.29. The first-order chi connectivity index (χ1) is 12.9. The molecule has 2 aliphatic heterocycles. The van der Waals surface area contributed by atoms with Crippen LogP contribution in [0, 0.1) is 0 Å². The monoisotopic (exact) mass is 409 g/mol. The van der Waals surface area contributed by atoms with Crippen molar-refractivity contribution in [2.75, 3.05) is 18.9 Å². The van der Waals surface area contributed by atoms with Gasteiger partial charge in [0.15, 0.2) is 0 Å². The van der Waals surface area contributed by atoms with Gasteiger partial charge in [0, 0.05) is 32.2 Å². The molecule has 0 saturated carbocycles. The zero-order valence-corrected chi connectivity index (χ0v) is 16.7. The van der Waals surface area contributed by atoms with Gasteiger partial charge in [-0.3, -0.25) is 20.8 Å². The number of halogens is 2. The van der Waals surface area contributed by atoms with Crippen LogP contribution in [0.5, 0.6) is 0 Å². The van der Waals surface area contributed by atoms with E-state index in [0.29, 0.717) is 5.69 Å². The van der Waals surface area contributed by atoms with Crippen LogP contribution in [0.25, 0.3) is 0 Å². The van der Waals surface area contributed by atoms with E-state index in [-0.39, 0.29) is 10.0 Å². The molecule has 0 atom stereocenters. The average Bonchev–Trinajstić information content (AvgIpc) is 2.91. The van der Waals surface area contributed by atoms with Crippen LogP contribution in [0.15, 0.2) is 47.5 Å². The van der Waals surface area contributed by atoms with Crippen molar-refractivity contribution < 1.29 is 4.79 Å². The zero-order valence-electron chi connectivity index (χ0n) is 15.2. The highest BCUT2D eigenvalue weighted by Crippen LogP contribution is 2.31. The summed E-state index contributed by atoms with van der Waals surface area (Å²) in [5.41, 5.74) is 13.1. The van der Waals surface area contributed by atoms with Gasteiger partial charge in [-0.2, -0.15) is 0 Å². The third kappa shape index (κ3) is 4.06. The molecule has 0 aromatic carbocycles. The minimum absolute atomic E-state index is 0.259. The maximum Gasteiger partial charge on any atom is 0.337 e. The number of nitrogens with zero attached hydrogens (tertiary/aromatic N) is 3. The Kier molecular flexibility index (Phi) is 5.67. The number of allylic oxidation sites excluding steroid dienone is 2. The fourth-order valence-electron chi connectivity index (χ4n) is 2.95. The summed E-state index contributed by atoms with van der Waals surface area (Å²) in [4.78, 5) is 18.2. The van der Waals surface area contributed by atoms with Crippen LogP contribution in [-0.4, -0.2) is 34.5 Å². The Bertz CT molecular complexity index is 829. The van der Waals surface area contributed by atoms with Gasteiger partial charge in [-0.25, -0.2) is 4.79 Å². The largest absolute Gasteiger partial charge is 0.343 e. The molecular formula is C17H21Cl2N7O. The van der Waals surface area contributed by atoms with E-state index in [1.54, 1.807) is 0 Å². The van der Waals surface area contributed by atoms with Gasteiger partial charge in [0.1, 0.15) is 0 Å². The van der Waals surface area contributed by atoms with E-state index < -0.39 is 6.03 Å². The fourth-order valence-corrected chi connectivity index (χ4v) is 3.41. The van der Waals surface area contributed by atoms with Crippen molar-refractivity contribution in [1.82, 2.24) is 31.2 Å². The molecule has 3 rings (SSSR count). The number of hydrogen-bond donors (Lipinski definition) is 4. The molecule has 144 valence electrons. The van der Waals surface area contributed by atoms with E-state index in [9.17, 15) is 4.79 Å². The molecule has 0 unspecified atom stereocenters. The number of pyridine rings is 1. The van der Waals surface area contributed by atoms with Crippen molar-refractivity contribution in [3.8, 4) is 0 Å². The number of urea groups is 1. The molecule has 1 aromatic heterocycles. The molecule has 0 bridgehead atoms. The number of amides is 2. The van der Waals surface area contributed by atoms with E-state index in [1.807, 2.05) is 31.3 Å². The SMILES string of the molecule is CCCN1C=C(NNC(=O)Nc2c(Cl)cncc2Cl)C=C2C1=C(C)NN2C. The fraction of sp³-hybridized carbons (Fsp3) is 0.294. The van der Waals surface area contributed by atoms with Gasteiger partial charge in [-0.15, -0.1) is 0 Å². The Morgan fingerprint density at radius 2 is 2.00 bits per heavy atom. The lowest BCUT2D eigenvalue weighted by molar-refractivity contribution is 0.249. The number of nitrogens with one attached hydrogen (secondary N) is 4. The van der Waals surface area contributed by atoms with Crippen LogP contribution < -0.4 is 21.6 Å². The Morgan fingerprint density at radius 1 is 1.30 bits per heavy atom. The van der Waals surface area contributed by atoms with Crippen LogP contribution in [0.1, 0.15) is 20.3 Å². The first kappa shape index (κ1) is 19.2. The van der Waals surface area contributed by atoms with E-state index in [4.69, 9.17) is 23.2 Å². The third-order valence-electron chi connectivity index (χ3n) is 4.05. The number of carbonyl (C=O) groups is 1. The highest BCUT2D eigenvalue weighted by molar-refractivity contribution is 6.39. The first-order valence-electron chi connectivity index (χ1n) is 8.44. The van der Waals surface area contributed by atoms with Crippen LogP contribution in [0.2, 0.25) is 10.0 Å². The molecule has 0 saturated heterocycles. The summed E-state index contributed by atoms with van der Waals surface area (Å²) in [6.07, 6.45) is 7.72. The highest BCUT2D eigenvalue weighted by Gasteiger charge is 2.28. The van der Waals surface area contributed by atoms with Gasteiger partial charge < -0.3 is 15.6 Å². The lowest BCUT2D eigenvalue weighted by Crippen LogP contribution is -2.41. The van der Waals surface area contributed by atoms with E-state index in [0.717, 1.165) is 35.8 Å². The maximum absolute atomic E-state index is 12.2. The highest BCUT2D eigenvalue weighted by atomic mass is 35.5. The predicted octanol–water partition coefficient (Wildman–Crippen LogP) is 3.15. The van der Waals surface area contributed by atoms with Crippen molar-refractivity contribution >= 4 is 34.9 Å². The topological polar surface area (TPSA) is 84.6 Å². The maximum atomic E-state index is 12.2. The standard InChI is InChI=1S/C17H21Cl2N7O/c1-4-5-26-9-11(6-14-16(26)10(2)24-25(14)3)22-23-17(27)21-15-12(18)7-20-8-13(15)19/h6-9,22,24H,4-5H2,1-3H3,(H2,20,21,23,27). The molecule has 1 aromatic rings. The summed E-state index contributed by atoms with van der Waals surface area (Å²) >= 11 is 12.0. The zero-order chi connectivity index (χ0) is 19.6. The molecule has 0 radical (unpaired) electrons. The number of hydrazine groups is 2. The molecule has 8 nitrogen and oxygen atoms in total. The normalized spacial score (nSPS) is 15.7. The number of carbonyl (C=O) groups excluding carboxylic acids is 1. The number of rotatable bonds is 5. The predicted molar refractivity (Wildman–Crippen MR) is 106 cm³/mol. The number of aromatic nitrogens is 1. The molecule has 2 amide bonds. The van der Waals surface area contributed by atoms with Gasteiger partial charge in [-0.05, 0) is 19.4 Å². The average molecular weight is 410 g/mol. The van der Waals surface area contributed by atoms with Gasteiger partial charge in [0.05, 0.1) is 38.5 Å². The van der Waals surface area contributed by atoms with Crippen molar-refractivity contribution in [2.24, 2.45) is 0 Å². The van der Waals surface area contributed by atoms with Gasteiger partial charge in [0.2, 0.25) is 0 Å². The van der Waals surface area contributed by atoms with Crippen LogP contribution in [0.3, 0.4) is 0 Å². The summed E-state index contributed by atoms with van der Waals surface area (Å²) in [6, 6.07) is -0.498. The minimum Gasteiger partial charge on any atom is -0.343 e. The number of anilines is 1. The number of fused-ring (bicyclic) bond motifs is 1. The molecular weight excluding hydrogens is 389 g/mol. The summed E-state index contributed by atoms with van der Waals surface area (Å²) in [7, 11) is 1.95. The molecule has 3 heterocycles. The van der Waals surface area contributed by atoms with Gasteiger partial charge in [-0.1, -0.05) is 30.1 Å². The minimum atomic E-state index is -0.498. The lowest BCUT2D eigenvalue weighted by atomic mass is 10.1. The Balaban J connectivity index is 1.69. The molecule has 10 heteroatoms. The number of hydrogen-bond acceptors (Lipinski definition) is 6. The molecule has 27 heavy (non-hydrogen) atoms. The Hall–Kier alpha value is -2.58. The van der Waals surface area contributed by atoms with Crippen molar-refractivity contribution in [3.63, 3.8) is 0 Å². The Morgan fingerprint density at radius 3 is 2.67 bits per heavy atom. The second-order valence-electron chi connectivity index (χ2n) is 6.13. The summed E-state index contributed by atoms with van der Waals surface area (Å²) < 4.78 is 0. The Labute approximate surface area is 167 Å². The summed E-state index contributed by atoms with van der Waals surface area (Å²) in [6.45, 7) is 5.02. The summed E-state index contributed by atoms with van der Waals surface area (Å²) in [5, 5.41) is 5.07. The molecule has 0 aliphatic carbocycles. The smallest absolute Gasteiger partial charge is 0.337 e. The quantitative estimate of drug-likeness (QED) is 0.559. The molecule has 4 N–H and O–H groups in total.